The van der Waals surface area contributed by atoms with Crippen LogP contribution in [0.5, 0.6) is 0 Å². The van der Waals surface area contributed by atoms with Gasteiger partial charge < -0.3 is 23.5 Å². The molecular formula is C102H84BN7. The van der Waals surface area contributed by atoms with Crippen LogP contribution in [-0.2, 0) is 21.7 Å². The van der Waals surface area contributed by atoms with Crippen LogP contribution in [0, 0.1) is 22.7 Å². The molecule has 0 unspecified atom stereocenters. The lowest BCUT2D eigenvalue weighted by Crippen LogP contribution is -2.61. The van der Waals surface area contributed by atoms with Gasteiger partial charge in [0.2, 0.25) is 0 Å². The van der Waals surface area contributed by atoms with Crippen molar-refractivity contribution in [3.63, 3.8) is 0 Å². The van der Waals surface area contributed by atoms with Gasteiger partial charge in [-0.05, 0) is 203 Å². The van der Waals surface area contributed by atoms with E-state index in [1.165, 1.54) is 22.3 Å². The van der Waals surface area contributed by atoms with Gasteiger partial charge in [-0.3, -0.25) is 0 Å². The first kappa shape index (κ1) is 62.2. The zero-order chi connectivity index (χ0) is 80.0. The maximum atomic E-state index is 12.5. The van der Waals surface area contributed by atoms with E-state index >= 15 is 0 Å². The summed E-state index contributed by atoms with van der Waals surface area (Å²) in [6.07, 6.45) is 0. The van der Waals surface area contributed by atoms with Gasteiger partial charge in [0.05, 0.1) is 62.6 Å². The Morgan fingerprint density at radius 1 is 0.300 bits per heavy atom. The van der Waals surface area contributed by atoms with Gasteiger partial charge in [-0.1, -0.05) is 265 Å². The van der Waals surface area contributed by atoms with E-state index in [1.807, 2.05) is 54.6 Å². The molecule has 2 aliphatic heterocycles. The Morgan fingerprint density at radius 2 is 0.727 bits per heavy atom. The Balaban J connectivity index is 0.984. The van der Waals surface area contributed by atoms with Crippen molar-refractivity contribution in [2.45, 2.75) is 105 Å². The highest BCUT2D eigenvalue weighted by Gasteiger charge is 2.46. The molecule has 0 aliphatic carbocycles. The summed E-state index contributed by atoms with van der Waals surface area (Å²) in [6, 6.07) is 96.3. The zero-order valence-corrected chi connectivity index (χ0v) is 64.0. The quantitative estimate of drug-likeness (QED) is 0.142. The van der Waals surface area contributed by atoms with E-state index in [0.29, 0.717) is 44.9 Å². The number of fused-ring (bicyclic) bond motifs is 13. The molecule has 0 amide bonds. The molecule has 0 bridgehead atoms. The van der Waals surface area contributed by atoms with Gasteiger partial charge in [0.25, 0.3) is 6.71 Å². The molecule has 530 valence electrons. The van der Waals surface area contributed by atoms with Gasteiger partial charge in [0.15, 0.2) is 0 Å². The molecule has 2 aliphatic rings. The molecule has 0 N–H and O–H groups in total. The van der Waals surface area contributed by atoms with Gasteiger partial charge in [-0.15, -0.1) is 0 Å². The Labute approximate surface area is 651 Å². The molecule has 17 aromatic rings. The van der Waals surface area contributed by atoms with E-state index in [1.54, 1.807) is 0 Å². The third-order valence-electron chi connectivity index (χ3n) is 23.2. The van der Waals surface area contributed by atoms with Crippen molar-refractivity contribution in [1.82, 2.24) is 13.7 Å². The van der Waals surface area contributed by atoms with Crippen molar-refractivity contribution in [1.29, 1.82) is 10.5 Å². The summed E-state index contributed by atoms with van der Waals surface area (Å²) in [5.41, 5.74) is 24.4. The van der Waals surface area contributed by atoms with Gasteiger partial charge >= 0.3 is 0 Å². The van der Waals surface area contributed by atoms with Crippen LogP contribution in [0.2, 0.25) is 0 Å². The first-order valence-corrected chi connectivity index (χ1v) is 38.1. The van der Waals surface area contributed by atoms with Crippen molar-refractivity contribution >= 4 is 123 Å². The number of nitriles is 2. The second kappa shape index (κ2) is 24.8. The minimum Gasteiger partial charge on any atom is -0.310 e. The Hall–Kier alpha value is -12.9. The summed E-state index contributed by atoms with van der Waals surface area (Å²) in [4.78, 5) is 4.60. The summed E-state index contributed by atoms with van der Waals surface area (Å²) in [6.45, 7) is 26.7. The lowest BCUT2D eigenvalue weighted by atomic mass is 9.33. The second-order valence-electron chi connectivity index (χ2n) is 34.0. The van der Waals surface area contributed by atoms with E-state index in [0.717, 1.165) is 127 Å². The average Bonchev–Trinajstić information content (AvgIpc) is 1.30. The SMILES string of the molecule is [2H]c1c([2H])c([2H])c(-c2ccccc2-c2cc3c4c(c2)N(c2cccc(-n5c6ccccc6c6ccccc65)c2C#N)c2cc(-c5cc(C(C)(C)C)cc(C(C)(C)C)c5)ccc2B4c2ccc(-n4c5ccc(C(C)(C)C)cc5c5cc(C(C)(C)C)ccc54)cc2N3c2cc(-n3c4ccccc4c4ccccc43)ccc2C#N)c([2H])c1[2H]. The van der Waals surface area contributed by atoms with Crippen LogP contribution in [0.1, 0.15) is 123 Å². The number of rotatable bonds is 8. The molecule has 3 aromatic heterocycles. The molecule has 8 heteroatoms. The fourth-order valence-electron chi connectivity index (χ4n) is 17.5. The third kappa shape index (κ3) is 10.7. The number of anilines is 6. The fourth-order valence-corrected chi connectivity index (χ4v) is 17.5. The molecule has 0 atom stereocenters. The molecular weight excluding hydrogens is 1330 g/mol. The molecule has 0 radical (unpaired) electrons. The monoisotopic (exact) mass is 1420 g/mol. The highest BCUT2D eigenvalue weighted by atomic mass is 15.2. The van der Waals surface area contributed by atoms with Crippen LogP contribution < -0.4 is 26.2 Å². The van der Waals surface area contributed by atoms with Gasteiger partial charge in [-0.2, -0.15) is 10.5 Å². The van der Waals surface area contributed by atoms with Crippen molar-refractivity contribution in [2.24, 2.45) is 0 Å². The topological polar surface area (TPSA) is 68.8 Å². The van der Waals surface area contributed by atoms with Crippen LogP contribution in [-0.4, -0.2) is 20.4 Å². The summed E-state index contributed by atoms with van der Waals surface area (Å²) >= 11 is 0. The summed E-state index contributed by atoms with van der Waals surface area (Å²) in [5.74, 6) is 0. The number of nitrogens with zero attached hydrogens (tertiary/aromatic N) is 7. The maximum Gasteiger partial charge on any atom is 0.252 e. The molecule has 0 spiro atoms. The summed E-state index contributed by atoms with van der Waals surface area (Å²) in [7, 11) is 0. The van der Waals surface area contributed by atoms with Gasteiger partial charge in [0, 0.05) is 66.4 Å². The number of hydrogen-bond donors (Lipinski definition) is 0. The average molecular weight is 1420 g/mol. The van der Waals surface area contributed by atoms with Crippen LogP contribution in [0.15, 0.2) is 291 Å². The number of para-hydroxylation sites is 4. The highest BCUT2D eigenvalue weighted by Crippen LogP contribution is 2.52. The second-order valence-corrected chi connectivity index (χ2v) is 34.0. The molecule has 7 nitrogen and oxygen atoms in total. The van der Waals surface area contributed by atoms with Crippen LogP contribution in [0.25, 0.3) is 116 Å². The van der Waals surface area contributed by atoms with Crippen LogP contribution in [0.4, 0.5) is 34.1 Å². The fraction of sp³-hybridized carbons (Fsp3) is 0.157. The summed E-state index contributed by atoms with van der Waals surface area (Å²) in [5, 5.41) is 31.2. The predicted octanol–water partition coefficient (Wildman–Crippen LogP) is 25.0. The molecule has 0 saturated heterocycles. The molecule has 5 heterocycles. The van der Waals surface area contributed by atoms with Crippen LogP contribution >= 0.6 is 0 Å². The van der Waals surface area contributed by atoms with Crippen molar-refractivity contribution < 1.29 is 6.85 Å². The summed E-state index contributed by atoms with van der Waals surface area (Å²) < 4.78 is 53.5. The van der Waals surface area contributed by atoms with Gasteiger partial charge in [0.1, 0.15) is 17.7 Å². The molecule has 14 aromatic carbocycles. The van der Waals surface area contributed by atoms with E-state index in [9.17, 15) is 16.0 Å². The van der Waals surface area contributed by atoms with Crippen molar-refractivity contribution in [2.75, 3.05) is 9.80 Å². The van der Waals surface area contributed by atoms with Crippen LogP contribution in [0.3, 0.4) is 0 Å². The molecule has 0 saturated carbocycles. The predicted molar refractivity (Wildman–Crippen MR) is 464 cm³/mol. The number of hydrogen-bond acceptors (Lipinski definition) is 4. The lowest BCUT2D eigenvalue weighted by molar-refractivity contribution is 0.569. The third-order valence-corrected chi connectivity index (χ3v) is 23.2. The molecule has 0 fully saturated rings. The standard InChI is InChI=1S/C102H84BN7/c1-99(2,3)68-43-49-91-80(57-68)81-58-69(100(4,5)6)44-50-92(81)107(91)73-46-48-84-95(60-73)110(93-59-72(45-41-65(93)61-104)106-85-35-22-18-31-76(85)77-32-19-23-36-86(77)106)97-55-67(75-30-17-16-29-74(75)63-27-14-13-15-28-63)54-96-98(97)103(84)83-47-42-64(66-51-70(101(7,8)9)56-71(52-66)102(10,11)12)53-94(83)109(96)90-40-26-39-89(82(90)62-105)108-87-37-24-20-33-78(87)79-34-21-25-38-88(79)108/h13-60H,1-12H3/i13D,14D,15D,27D,28D. The Bertz CT molecular complexity index is 6910. The van der Waals surface area contributed by atoms with Crippen molar-refractivity contribution in [3.05, 3.63) is 324 Å². The lowest BCUT2D eigenvalue weighted by Gasteiger charge is -2.45. The maximum absolute atomic E-state index is 12.5. The highest BCUT2D eigenvalue weighted by molar-refractivity contribution is 7.00. The first-order valence-electron chi connectivity index (χ1n) is 40.6. The zero-order valence-electron chi connectivity index (χ0n) is 69.0. The number of aromatic nitrogens is 3. The van der Waals surface area contributed by atoms with Crippen molar-refractivity contribution in [3.8, 4) is 62.6 Å². The molecule has 19 rings (SSSR count). The van der Waals surface area contributed by atoms with E-state index < -0.39 is 24.8 Å². The normalized spacial score (nSPS) is 13.7. The van der Waals surface area contributed by atoms with E-state index in [4.69, 9.17) is 1.37 Å². The van der Waals surface area contributed by atoms with Gasteiger partial charge in [-0.25, -0.2) is 0 Å². The first-order chi connectivity index (χ1) is 55.1. The van der Waals surface area contributed by atoms with E-state index in [-0.39, 0.29) is 39.3 Å². The molecule has 110 heavy (non-hydrogen) atoms. The van der Waals surface area contributed by atoms with E-state index in [2.05, 4.69) is 325 Å². The number of benzene rings is 14. The smallest absolute Gasteiger partial charge is 0.252 e. The minimum absolute atomic E-state index is 0.0587. The Kier molecular flexibility index (Phi) is 14.0. The minimum atomic E-state index is -0.527. The Morgan fingerprint density at radius 3 is 1.24 bits per heavy atom. The largest absolute Gasteiger partial charge is 0.310 e.